The van der Waals surface area contributed by atoms with E-state index in [9.17, 15) is 9.59 Å². The molecule has 0 saturated heterocycles. The van der Waals surface area contributed by atoms with Crippen LogP contribution in [-0.4, -0.2) is 24.1 Å². The SMILES string of the molecule is C#CC1(OC(=O)CC(=O)OCC)CCCCC1. The Balaban J connectivity index is 2.48. The smallest absolute Gasteiger partial charge is 0.318 e. The van der Waals surface area contributed by atoms with Crippen LogP contribution in [-0.2, 0) is 19.1 Å². The van der Waals surface area contributed by atoms with Crippen molar-refractivity contribution in [2.45, 2.75) is 51.0 Å². The van der Waals surface area contributed by atoms with Gasteiger partial charge in [0.25, 0.3) is 0 Å². The van der Waals surface area contributed by atoms with Gasteiger partial charge in [-0.15, -0.1) is 6.42 Å². The van der Waals surface area contributed by atoms with Crippen LogP contribution in [0, 0.1) is 12.3 Å². The summed E-state index contributed by atoms with van der Waals surface area (Å²) < 4.78 is 9.95. The Bertz CT molecular complexity index is 321. The fourth-order valence-electron chi connectivity index (χ4n) is 1.98. The van der Waals surface area contributed by atoms with Gasteiger partial charge in [0.1, 0.15) is 6.42 Å². The molecule has 0 atom stereocenters. The molecule has 4 nitrogen and oxygen atoms in total. The van der Waals surface area contributed by atoms with E-state index < -0.39 is 17.5 Å². The predicted octanol–water partition coefficient (Wildman–Crippen LogP) is 1.82. The van der Waals surface area contributed by atoms with Crippen LogP contribution in [0.5, 0.6) is 0 Å². The van der Waals surface area contributed by atoms with Gasteiger partial charge in [0.2, 0.25) is 0 Å². The highest BCUT2D eigenvalue weighted by Gasteiger charge is 2.34. The first-order valence-corrected chi connectivity index (χ1v) is 5.97. The van der Waals surface area contributed by atoms with Gasteiger partial charge in [-0.1, -0.05) is 12.3 Å². The molecule has 94 valence electrons. The van der Waals surface area contributed by atoms with E-state index in [0.717, 1.165) is 19.3 Å². The normalized spacial score (nSPS) is 17.9. The maximum absolute atomic E-state index is 11.5. The molecular weight excluding hydrogens is 220 g/mol. The molecule has 0 aromatic rings. The average molecular weight is 238 g/mol. The molecule has 1 saturated carbocycles. The van der Waals surface area contributed by atoms with Crippen LogP contribution in [0.15, 0.2) is 0 Å². The third-order valence-corrected chi connectivity index (χ3v) is 2.83. The van der Waals surface area contributed by atoms with Crippen molar-refractivity contribution >= 4 is 11.9 Å². The molecule has 1 fully saturated rings. The third kappa shape index (κ3) is 4.10. The summed E-state index contributed by atoms with van der Waals surface area (Å²) in [4.78, 5) is 22.7. The van der Waals surface area contributed by atoms with Crippen molar-refractivity contribution < 1.29 is 19.1 Å². The van der Waals surface area contributed by atoms with Crippen LogP contribution in [0.1, 0.15) is 45.4 Å². The number of carbonyl (C=O) groups excluding carboxylic acids is 2. The molecule has 17 heavy (non-hydrogen) atoms. The first kappa shape index (κ1) is 13.6. The molecule has 0 radical (unpaired) electrons. The summed E-state index contributed by atoms with van der Waals surface area (Å²) in [5.41, 5.74) is -0.804. The monoisotopic (exact) mass is 238 g/mol. The summed E-state index contributed by atoms with van der Waals surface area (Å²) in [6.45, 7) is 1.94. The van der Waals surface area contributed by atoms with Gasteiger partial charge in [-0.25, -0.2) is 0 Å². The Kier molecular flexibility index (Phi) is 5.02. The minimum Gasteiger partial charge on any atom is -0.466 e. The van der Waals surface area contributed by atoms with E-state index in [4.69, 9.17) is 11.2 Å². The number of ether oxygens (including phenoxy) is 2. The molecule has 4 heteroatoms. The molecule has 0 aliphatic heterocycles. The van der Waals surface area contributed by atoms with Crippen LogP contribution in [0.4, 0.5) is 0 Å². The van der Waals surface area contributed by atoms with Crippen molar-refractivity contribution in [2.75, 3.05) is 6.61 Å². The largest absolute Gasteiger partial charge is 0.466 e. The predicted molar refractivity (Wildman–Crippen MR) is 62.0 cm³/mol. The number of carbonyl (C=O) groups is 2. The van der Waals surface area contributed by atoms with Gasteiger partial charge < -0.3 is 9.47 Å². The Labute approximate surface area is 102 Å². The van der Waals surface area contributed by atoms with Gasteiger partial charge in [0.15, 0.2) is 5.60 Å². The summed E-state index contributed by atoms with van der Waals surface area (Å²) in [6, 6.07) is 0. The molecule has 0 aromatic heterocycles. The second-order valence-electron chi connectivity index (χ2n) is 4.16. The lowest BCUT2D eigenvalue weighted by Gasteiger charge is -2.31. The number of hydrogen-bond acceptors (Lipinski definition) is 4. The molecule has 0 N–H and O–H groups in total. The van der Waals surface area contributed by atoms with E-state index in [1.807, 2.05) is 0 Å². The quantitative estimate of drug-likeness (QED) is 0.426. The summed E-state index contributed by atoms with van der Waals surface area (Å²) >= 11 is 0. The minimum absolute atomic E-state index is 0.256. The average Bonchev–Trinajstić information content (AvgIpc) is 2.30. The summed E-state index contributed by atoms with van der Waals surface area (Å²) in [5.74, 6) is 1.40. The lowest BCUT2D eigenvalue weighted by atomic mass is 9.85. The molecule has 0 heterocycles. The van der Waals surface area contributed by atoms with Crippen molar-refractivity contribution in [2.24, 2.45) is 0 Å². The highest BCUT2D eigenvalue weighted by atomic mass is 16.6. The number of esters is 2. The standard InChI is InChI=1S/C13H18O4/c1-3-13(8-6-5-7-9-13)17-12(15)10-11(14)16-4-2/h1H,4-10H2,2H3. The molecule has 0 aromatic carbocycles. The first-order chi connectivity index (χ1) is 8.12. The molecule has 1 aliphatic carbocycles. The zero-order valence-electron chi connectivity index (χ0n) is 10.2. The first-order valence-electron chi connectivity index (χ1n) is 5.97. The number of hydrogen-bond donors (Lipinski definition) is 0. The van der Waals surface area contributed by atoms with Crippen LogP contribution in [0.3, 0.4) is 0 Å². The fourth-order valence-corrected chi connectivity index (χ4v) is 1.98. The summed E-state index contributed by atoms with van der Waals surface area (Å²) in [5, 5.41) is 0. The highest BCUT2D eigenvalue weighted by molar-refractivity contribution is 5.91. The van der Waals surface area contributed by atoms with Crippen LogP contribution in [0.2, 0.25) is 0 Å². The Morgan fingerprint density at radius 3 is 2.41 bits per heavy atom. The zero-order chi connectivity index (χ0) is 12.7. The van der Waals surface area contributed by atoms with Crippen molar-refractivity contribution in [3.8, 4) is 12.3 Å². The van der Waals surface area contributed by atoms with Crippen LogP contribution in [0.25, 0.3) is 0 Å². The molecule has 0 bridgehead atoms. The molecule has 1 aliphatic rings. The lowest BCUT2D eigenvalue weighted by molar-refractivity contribution is -0.162. The topological polar surface area (TPSA) is 52.6 Å². The van der Waals surface area contributed by atoms with E-state index >= 15 is 0 Å². The van der Waals surface area contributed by atoms with Crippen molar-refractivity contribution in [1.29, 1.82) is 0 Å². The van der Waals surface area contributed by atoms with Gasteiger partial charge in [-0.05, 0) is 32.6 Å². The van der Waals surface area contributed by atoms with Crippen LogP contribution >= 0.6 is 0 Å². The zero-order valence-corrected chi connectivity index (χ0v) is 10.2. The lowest BCUT2D eigenvalue weighted by Crippen LogP contribution is -2.36. The minimum atomic E-state index is -0.804. The molecule has 0 amide bonds. The van der Waals surface area contributed by atoms with Crippen LogP contribution < -0.4 is 0 Å². The molecule has 1 rings (SSSR count). The second-order valence-corrected chi connectivity index (χ2v) is 4.16. The van der Waals surface area contributed by atoms with Crippen molar-refractivity contribution in [3.63, 3.8) is 0 Å². The van der Waals surface area contributed by atoms with E-state index in [2.05, 4.69) is 10.7 Å². The Morgan fingerprint density at radius 2 is 1.88 bits per heavy atom. The Hall–Kier alpha value is -1.50. The van der Waals surface area contributed by atoms with Crippen molar-refractivity contribution in [1.82, 2.24) is 0 Å². The summed E-state index contributed by atoms with van der Waals surface area (Å²) in [6.07, 6.45) is 9.45. The van der Waals surface area contributed by atoms with Gasteiger partial charge in [-0.2, -0.15) is 0 Å². The molecule has 0 spiro atoms. The molecular formula is C13H18O4. The Morgan fingerprint density at radius 1 is 1.24 bits per heavy atom. The second kappa shape index (κ2) is 6.29. The molecule has 0 unspecified atom stereocenters. The summed E-state index contributed by atoms with van der Waals surface area (Å²) in [7, 11) is 0. The third-order valence-electron chi connectivity index (χ3n) is 2.83. The highest BCUT2D eigenvalue weighted by Crippen LogP contribution is 2.31. The number of terminal acetylenes is 1. The van der Waals surface area contributed by atoms with E-state index in [-0.39, 0.29) is 13.0 Å². The van der Waals surface area contributed by atoms with E-state index in [1.165, 1.54) is 0 Å². The van der Waals surface area contributed by atoms with Crippen molar-refractivity contribution in [3.05, 3.63) is 0 Å². The van der Waals surface area contributed by atoms with Gasteiger partial charge >= 0.3 is 11.9 Å². The maximum atomic E-state index is 11.5. The van der Waals surface area contributed by atoms with Gasteiger partial charge in [0, 0.05) is 0 Å². The number of rotatable bonds is 4. The van der Waals surface area contributed by atoms with E-state index in [1.54, 1.807) is 6.92 Å². The fraction of sp³-hybridized carbons (Fsp3) is 0.692. The maximum Gasteiger partial charge on any atom is 0.318 e. The van der Waals surface area contributed by atoms with Gasteiger partial charge in [-0.3, -0.25) is 9.59 Å². The van der Waals surface area contributed by atoms with E-state index in [0.29, 0.717) is 12.8 Å². The van der Waals surface area contributed by atoms with Gasteiger partial charge in [0.05, 0.1) is 6.61 Å².